The molecule has 0 saturated heterocycles. The zero-order valence-electron chi connectivity index (χ0n) is 33.0. The lowest BCUT2D eigenvalue weighted by atomic mass is 9.34. The van der Waals surface area contributed by atoms with Crippen LogP contribution < -0.4 is 25.9 Å². The van der Waals surface area contributed by atoms with Crippen LogP contribution in [0, 0.1) is 0 Å². The maximum atomic E-state index is 7.40. The Labute approximate surface area is 349 Å². The van der Waals surface area contributed by atoms with Crippen molar-refractivity contribution in [3.8, 4) is 39.8 Å². The maximum Gasteiger partial charge on any atom is 0.260 e. The molecule has 9 aromatic carbocycles. The standard InChI is InChI=1S/C55H32BN3O2/c1-57-43-23-6-2-15-34(43)36-17-10-19-38(52(36)57)39-20-12-22-41-54(39)60-48-29-31(58-44-24-7-3-13-32(44)33-14-4-8-25-45(33)58)30-49-51(48)56(41)42-27-28-47-50(55(42)61-49)40-21-11-18-37-35-16-5-9-26-46(35)59(47)53(37)40/h2-30H,1H3. The zero-order chi connectivity index (χ0) is 39.7. The Hall–Kier alpha value is -7.96. The van der Waals surface area contributed by atoms with Gasteiger partial charge in [-0.15, -0.1) is 0 Å². The number of hydrogen-bond donors (Lipinski definition) is 0. The van der Waals surface area contributed by atoms with E-state index in [-0.39, 0.29) is 6.71 Å². The molecule has 0 amide bonds. The van der Waals surface area contributed by atoms with Gasteiger partial charge in [0.25, 0.3) is 6.71 Å². The summed E-state index contributed by atoms with van der Waals surface area (Å²) in [4.78, 5) is 0. The van der Waals surface area contributed by atoms with Crippen molar-refractivity contribution in [3.05, 3.63) is 176 Å². The van der Waals surface area contributed by atoms with Crippen LogP contribution in [-0.4, -0.2) is 20.2 Å². The smallest absolute Gasteiger partial charge is 0.260 e. The molecular weight excluding hydrogens is 745 g/mol. The van der Waals surface area contributed by atoms with Crippen LogP contribution in [0.2, 0.25) is 0 Å². The minimum Gasteiger partial charge on any atom is -0.458 e. The Morgan fingerprint density at radius 2 is 0.934 bits per heavy atom. The summed E-state index contributed by atoms with van der Waals surface area (Å²) in [5.74, 6) is 3.43. The van der Waals surface area contributed by atoms with Crippen molar-refractivity contribution in [1.29, 1.82) is 0 Å². The van der Waals surface area contributed by atoms with Gasteiger partial charge in [-0.2, -0.15) is 0 Å². The molecule has 2 aliphatic rings. The van der Waals surface area contributed by atoms with Crippen LogP contribution in [0.15, 0.2) is 176 Å². The molecular formula is C55H32BN3O2. The van der Waals surface area contributed by atoms with Crippen LogP contribution in [0.5, 0.6) is 23.0 Å². The summed E-state index contributed by atoms with van der Waals surface area (Å²) in [6.45, 7) is -0.127. The highest BCUT2D eigenvalue weighted by Gasteiger charge is 2.43. The summed E-state index contributed by atoms with van der Waals surface area (Å²) >= 11 is 0. The van der Waals surface area contributed by atoms with Gasteiger partial charge in [0.05, 0.1) is 44.2 Å². The molecule has 0 spiro atoms. The highest BCUT2D eigenvalue weighted by molar-refractivity contribution is 6.98. The van der Waals surface area contributed by atoms with Crippen LogP contribution >= 0.6 is 0 Å². The van der Waals surface area contributed by atoms with Gasteiger partial charge >= 0.3 is 0 Å². The van der Waals surface area contributed by atoms with Gasteiger partial charge in [-0.1, -0.05) is 133 Å². The van der Waals surface area contributed by atoms with E-state index >= 15 is 0 Å². The zero-order valence-corrected chi connectivity index (χ0v) is 33.0. The van der Waals surface area contributed by atoms with E-state index in [1.807, 2.05) is 0 Å². The molecule has 6 heteroatoms. The van der Waals surface area contributed by atoms with Gasteiger partial charge in [-0.3, -0.25) is 0 Å². The summed E-state index contributed by atoms with van der Waals surface area (Å²) in [5, 5.41) is 9.77. The number of aromatic nitrogens is 3. The van der Waals surface area contributed by atoms with E-state index in [1.165, 1.54) is 59.8 Å². The summed E-state index contributed by atoms with van der Waals surface area (Å²) < 4.78 is 21.9. The van der Waals surface area contributed by atoms with E-state index in [2.05, 4.69) is 197 Å². The minimum absolute atomic E-state index is 0.127. The highest BCUT2D eigenvalue weighted by Crippen LogP contribution is 2.48. The number of aryl methyl sites for hydroxylation is 1. The molecule has 0 saturated carbocycles. The van der Waals surface area contributed by atoms with E-state index in [0.717, 1.165) is 78.1 Å². The third-order valence-corrected chi connectivity index (χ3v) is 13.9. The van der Waals surface area contributed by atoms with Gasteiger partial charge < -0.3 is 23.0 Å². The van der Waals surface area contributed by atoms with Gasteiger partial charge in [0, 0.05) is 79.0 Å². The van der Waals surface area contributed by atoms with Crippen LogP contribution in [0.3, 0.4) is 0 Å². The lowest BCUT2D eigenvalue weighted by molar-refractivity contribution is 0.468. The molecule has 4 aromatic heterocycles. The number of ether oxygens (including phenoxy) is 2. The first-order valence-electron chi connectivity index (χ1n) is 21.0. The Balaban J connectivity index is 1.05. The first-order chi connectivity index (χ1) is 30.2. The molecule has 0 fully saturated rings. The van der Waals surface area contributed by atoms with Gasteiger partial charge in [-0.25, -0.2) is 0 Å². The van der Waals surface area contributed by atoms with Crippen molar-refractivity contribution in [1.82, 2.24) is 13.5 Å². The fraction of sp³-hybridized carbons (Fsp3) is 0.0182. The molecule has 13 aromatic rings. The summed E-state index contributed by atoms with van der Waals surface area (Å²) in [5.41, 5.74) is 14.8. The molecule has 0 radical (unpaired) electrons. The first-order valence-corrected chi connectivity index (χ1v) is 21.0. The second-order valence-electron chi connectivity index (χ2n) is 16.8. The lowest BCUT2D eigenvalue weighted by Crippen LogP contribution is -2.57. The van der Waals surface area contributed by atoms with E-state index in [9.17, 15) is 0 Å². The number of fused-ring (bicyclic) bond motifs is 17. The Morgan fingerprint density at radius 3 is 1.67 bits per heavy atom. The van der Waals surface area contributed by atoms with Crippen LogP contribution in [0.1, 0.15) is 0 Å². The molecule has 0 unspecified atom stereocenters. The quantitative estimate of drug-likeness (QED) is 0.164. The lowest BCUT2D eigenvalue weighted by Gasteiger charge is -2.34. The Morgan fingerprint density at radius 1 is 0.410 bits per heavy atom. The maximum absolute atomic E-state index is 7.40. The van der Waals surface area contributed by atoms with E-state index in [0.29, 0.717) is 0 Å². The normalized spacial score (nSPS) is 13.2. The first kappa shape index (κ1) is 32.0. The van der Waals surface area contributed by atoms with Crippen LogP contribution in [-0.2, 0) is 7.05 Å². The largest absolute Gasteiger partial charge is 0.458 e. The molecule has 6 heterocycles. The predicted molar refractivity (Wildman–Crippen MR) is 253 cm³/mol. The van der Waals surface area contributed by atoms with Gasteiger partial charge in [0.1, 0.15) is 23.0 Å². The van der Waals surface area contributed by atoms with Gasteiger partial charge in [-0.05, 0) is 41.3 Å². The minimum atomic E-state index is -0.127. The number of rotatable bonds is 2. The molecule has 2 aliphatic heterocycles. The van der Waals surface area contributed by atoms with Crippen LogP contribution in [0.4, 0.5) is 0 Å². The summed E-state index contributed by atoms with van der Waals surface area (Å²) in [7, 11) is 2.18. The molecule has 0 atom stereocenters. The molecule has 15 rings (SSSR count). The van der Waals surface area contributed by atoms with Crippen molar-refractivity contribution >= 4 is 105 Å². The van der Waals surface area contributed by atoms with E-state index < -0.39 is 0 Å². The Bertz CT molecular complexity index is 4040. The second-order valence-corrected chi connectivity index (χ2v) is 16.8. The summed E-state index contributed by atoms with van der Waals surface area (Å²) in [6.07, 6.45) is 0. The molecule has 5 nitrogen and oxygen atoms in total. The average molecular weight is 778 g/mol. The molecule has 0 N–H and O–H groups in total. The Kier molecular flexibility index (Phi) is 5.87. The molecule has 282 valence electrons. The third kappa shape index (κ3) is 3.89. The number of hydrogen-bond acceptors (Lipinski definition) is 2. The number of benzene rings is 9. The van der Waals surface area contributed by atoms with E-state index in [4.69, 9.17) is 9.47 Å². The van der Waals surface area contributed by atoms with Crippen molar-refractivity contribution in [2.45, 2.75) is 0 Å². The van der Waals surface area contributed by atoms with Gasteiger partial charge in [0.2, 0.25) is 0 Å². The van der Waals surface area contributed by atoms with Crippen LogP contribution in [0.25, 0.3) is 98.5 Å². The second kappa shape index (κ2) is 11.2. The fourth-order valence-electron chi connectivity index (χ4n) is 11.5. The fourth-order valence-corrected chi connectivity index (χ4v) is 11.5. The van der Waals surface area contributed by atoms with Gasteiger partial charge in [0.15, 0.2) is 0 Å². The molecule has 0 bridgehead atoms. The number of para-hydroxylation sites is 7. The van der Waals surface area contributed by atoms with Crippen molar-refractivity contribution in [3.63, 3.8) is 0 Å². The predicted octanol–water partition coefficient (Wildman–Crippen LogP) is 12.0. The topological polar surface area (TPSA) is 32.7 Å². The molecule has 61 heavy (non-hydrogen) atoms. The third-order valence-electron chi connectivity index (χ3n) is 13.9. The van der Waals surface area contributed by atoms with Crippen molar-refractivity contribution in [2.24, 2.45) is 7.05 Å². The molecule has 0 aliphatic carbocycles. The van der Waals surface area contributed by atoms with E-state index in [1.54, 1.807) is 0 Å². The average Bonchev–Trinajstić information content (AvgIpc) is 4.03. The monoisotopic (exact) mass is 777 g/mol. The van der Waals surface area contributed by atoms with Crippen molar-refractivity contribution in [2.75, 3.05) is 0 Å². The highest BCUT2D eigenvalue weighted by atomic mass is 16.5. The van der Waals surface area contributed by atoms with Crippen molar-refractivity contribution < 1.29 is 9.47 Å². The number of nitrogens with zero attached hydrogens (tertiary/aromatic N) is 3. The SMILES string of the molecule is Cn1c2ccccc2c2cccc(-c3cccc4c3Oc3cc(-n5c6ccccc6c6ccccc65)cc5c3B4c3ccc4c(c3O5)c3cccc5c6ccccc6n4c53)c21. The summed E-state index contributed by atoms with van der Waals surface area (Å²) in [6, 6.07) is 64.0.